The molecule has 5 N–H and O–H groups in total. The Morgan fingerprint density at radius 3 is 2.45 bits per heavy atom. The quantitative estimate of drug-likeness (QED) is 0.128. The molecule has 4 aliphatic carbocycles. The molecule has 4 aliphatic rings. The van der Waals surface area contributed by atoms with Gasteiger partial charge in [0.15, 0.2) is 0 Å². The Balaban J connectivity index is 1.05. The van der Waals surface area contributed by atoms with Gasteiger partial charge in [0.2, 0.25) is 11.8 Å². The first-order valence-electron chi connectivity index (χ1n) is 19.2. The van der Waals surface area contributed by atoms with Crippen molar-refractivity contribution in [2.45, 2.75) is 141 Å². The van der Waals surface area contributed by atoms with Gasteiger partial charge in [0.1, 0.15) is 5.75 Å². The maximum absolute atomic E-state index is 13.3. The minimum Gasteiger partial charge on any atom is -0.404 e. The molecule has 9 unspecified atom stereocenters. The number of methoxy groups -OCH3 is 1. The minimum atomic E-state index is -3.75. The lowest BCUT2D eigenvalue weighted by Crippen LogP contribution is -2.55. The summed E-state index contributed by atoms with van der Waals surface area (Å²) in [7, 11) is -2.21. The lowest BCUT2D eigenvalue weighted by atomic mass is 9.55. The number of aryl methyl sites for hydroxylation is 1. The Labute approximate surface area is 304 Å². The number of hydrogen-bond donors (Lipinski definition) is 4. The molecule has 288 valence electrons. The summed E-state index contributed by atoms with van der Waals surface area (Å²) < 4.78 is 42.3. The Morgan fingerprint density at radius 2 is 1.75 bits per heavy atom. The summed E-state index contributed by atoms with van der Waals surface area (Å²) in [6.45, 7) is 10.9. The second-order valence-electron chi connectivity index (χ2n) is 15.9. The number of amides is 2. The molecule has 0 aliphatic heterocycles. The second-order valence-corrected chi connectivity index (χ2v) is 17.4. The molecule has 0 bridgehead atoms. The van der Waals surface area contributed by atoms with E-state index in [2.05, 4.69) is 23.6 Å². The highest BCUT2D eigenvalue weighted by Crippen LogP contribution is 2.62. The van der Waals surface area contributed by atoms with Gasteiger partial charge in [0.05, 0.1) is 43.0 Å². The van der Waals surface area contributed by atoms with Crippen LogP contribution in [0.25, 0.3) is 0 Å². The molecule has 12 nitrogen and oxygen atoms in total. The number of nitrogens with one attached hydrogen (secondary N) is 2. The van der Waals surface area contributed by atoms with E-state index in [1.807, 2.05) is 39.8 Å². The summed E-state index contributed by atoms with van der Waals surface area (Å²) in [6, 6.07) is 5.65. The zero-order valence-corrected chi connectivity index (χ0v) is 32.3. The van der Waals surface area contributed by atoms with Gasteiger partial charge in [-0.1, -0.05) is 13.0 Å². The molecule has 3 fully saturated rings. The predicted octanol–water partition coefficient (Wildman–Crippen LogP) is 5.39. The van der Waals surface area contributed by atoms with Crippen molar-refractivity contribution in [3.8, 4) is 5.75 Å². The molecular weight excluding hydrogens is 673 g/mol. The van der Waals surface area contributed by atoms with Crippen LogP contribution in [0.15, 0.2) is 18.2 Å². The molecule has 1 aromatic rings. The van der Waals surface area contributed by atoms with Gasteiger partial charge in [-0.2, -0.15) is 0 Å². The maximum atomic E-state index is 13.3. The molecule has 1 aromatic carbocycles. The first-order chi connectivity index (χ1) is 24.2. The summed E-state index contributed by atoms with van der Waals surface area (Å²) in [5.74, 6) is 1.13. The van der Waals surface area contributed by atoms with Crippen LogP contribution in [-0.2, 0) is 39.1 Å². The van der Waals surface area contributed by atoms with Crippen molar-refractivity contribution >= 4 is 19.6 Å². The fraction of sp³-hybridized carbons (Fsp3) is 0.789. The molecule has 9 atom stereocenters. The molecule has 0 saturated heterocycles. The van der Waals surface area contributed by atoms with E-state index in [-0.39, 0.29) is 41.6 Å². The fourth-order valence-electron chi connectivity index (χ4n) is 9.36. The number of fused-ring (bicyclic) bond motifs is 5. The van der Waals surface area contributed by atoms with E-state index in [0.717, 1.165) is 38.5 Å². The van der Waals surface area contributed by atoms with Crippen molar-refractivity contribution in [3.63, 3.8) is 0 Å². The lowest BCUT2D eigenvalue weighted by Gasteiger charge is -2.50. The van der Waals surface area contributed by atoms with Gasteiger partial charge < -0.3 is 35.5 Å². The fourth-order valence-corrected chi connectivity index (χ4v) is 10.9. The van der Waals surface area contributed by atoms with Gasteiger partial charge in [0, 0.05) is 32.7 Å². The third-order valence-electron chi connectivity index (χ3n) is 11.7. The Hall–Kier alpha value is -2.05. The first kappa shape index (κ1) is 40.1. The van der Waals surface area contributed by atoms with Crippen molar-refractivity contribution in [1.29, 1.82) is 0 Å². The normalized spacial score (nSPS) is 31.9. The first-order valence-corrected chi connectivity index (χ1v) is 20.6. The van der Waals surface area contributed by atoms with Crippen LogP contribution in [0.1, 0.15) is 109 Å². The number of carbonyl (C=O) groups is 2. The number of hydrogen-bond acceptors (Lipinski definition) is 10. The number of carbonyl (C=O) groups excluding carboxylic acids is 2. The molecule has 3 saturated carbocycles. The Morgan fingerprint density at radius 1 is 1.02 bits per heavy atom. The second kappa shape index (κ2) is 17.4. The highest BCUT2D eigenvalue weighted by atomic mass is 31.2. The van der Waals surface area contributed by atoms with Crippen LogP contribution in [0.4, 0.5) is 0 Å². The number of rotatable bonds is 16. The number of phosphoric ester groups is 1. The SMILES string of the molecule is COC1CCC(N)C(O)C1C(=O)NCCCNC(=O)CCOC1CCC2C3CCc4cc(OP(=O)(OC(C)C)OC(C)C)ccc4C3CCC12C. The van der Waals surface area contributed by atoms with Gasteiger partial charge in [-0.15, -0.1) is 0 Å². The van der Waals surface area contributed by atoms with Crippen molar-refractivity contribution in [2.24, 2.45) is 28.9 Å². The van der Waals surface area contributed by atoms with E-state index in [9.17, 15) is 19.3 Å². The maximum Gasteiger partial charge on any atom is 0.530 e. The smallest absolute Gasteiger partial charge is 0.404 e. The number of aliphatic hydroxyl groups is 1. The molecular formula is C38H62N3O9P. The highest BCUT2D eigenvalue weighted by Gasteiger charge is 2.55. The van der Waals surface area contributed by atoms with Gasteiger partial charge in [-0.25, -0.2) is 4.57 Å². The summed E-state index contributed by atoms with van der Waals surface area (Å²) in [4.78, 5) is 25.3. The predicted molar refractivity (Wildman–Crippen MR) is 194 cm³/mol. The van der Waals surface area contributed by atoms with E-state index in [1.54, 1.807) is 7.11 Å². The highest BCUT2D eigenvalue weighted by molar-refractivity contribution is 7.49. The van der Waals surface area contributed by atoms with Gasteiger partial charge >= 0.3 is 7.82 Å². The lowest BCUT2D eigenvalue weighted by molar-refractivity contribution is -0.140. The third kappa shape index (κ3) is 9.55. The van der Waals surface area contributed by atoms with Crippen molar-refractivity contribution in [3.05, 3.63) is 29.3 Å². The molecule has 0 heterocycles. The van der Waals surface area contributed by atoms with E-state index < -0.39 is 25.9 Å². The Kier molecular flexibility index (Phi) is 13.7. The average molecular weight is 736 g/mol. The summed E-state index contributed by atoms with van der Waals surface area (Å²) in [6.07, 6.45) is 6.73. The molecule has 0 aromatic heterocycles. The number of phosphoric acid groups is 1. The van der Waals surface area contributed by atoms with Crippen molar-refractivity contribution in [2.75, 3.05) is 26.8 Å². The monoisotopic (exact) mass is 735 g/mol. The van der Waals surface area contributed by atoms with Crippen LogP contribution in [0.5, 0.6) is 5.75 Å². The van der Waals surface area contributed by atoms with Crippen molar-refractivity contribution < 1.29 is 42.3 Å². The number of ether oxygens (including phenoxy) is 2. The molecule has 2 amide bonds. The molecule has 13 heteroatoms. The topological polar surface area (TPSA) is 168 Å². The number of aliphatic hydroxyl groups excluding tert-OH is 1. The molecule has 0 spiro atoms. The van der Waals surface area contributed by atoms with E-state index in [4.69, 9.17) is 28.8 Å². The van der Waals surface area contributed by atoms with Crippen LogP contribution >= 0.6 is 7.82 Å². The average Bonchev–Trinajstić information content (AvgIpc) is 3.40. The van der Waals surface area contributed by atoms with E-state index in [0.29, 0.717) is 68.9 Å². The van der Waals surface area contributed by atoms with E-state index in [1.165, 1.54) is 11.1 Å². The summed E-state index contributed by atoms with van der Waals surface area (Å²) in [5, 5.41) is 16.2. The van der Waals surface area contributed by atoms with Gasteiger partial charge in [0.25, 0.3) is 0 Å². The minimum absolute atomic E-state index is 0.0621. The molecule has 0 radical (unpaired) electrons. The van der Waals surface area contributed by atoms with Crippen molar-refractivity contribution in [1.82, 2.24) is 10.6 Å². The standard InChI is InChI=1S/C38H62N3O9P/c1-23(2)48-51(45,49-24(3)4)50-26-9-11-27-25(22-26)8-10-29-28(27)16-18-38(5)30(29)12-15-33(38)47-21-17-34(42)40-19-7-20-41-37(44)35-32(46-6)14-13-31(39)36(35)43/h9,11,22-24,28-33,35-36,43H,7-8,10,12-21,39H2,1-6H3,(H,40,42)(H,41,44). The molecule has 51 heavy (non-hydrogen) atoms. The number of benzene rings is 1. The zero-order valence-electron chi connectivity index (χ0n) is 31.4. The van der Waals surface area contributed by atoms with Gasteiger partial charge in [-0.05, 0) is 132 Å². The van der Waals surface area contributed by atoms with Crippen LogP contribution in [-0.4, -0.2) is 80.3 Å². The van der Waals surface area contributed by atoms with Gasteiger partial charge in [-0.3, -0.25) is 18.6 Å². The Bertz CT molecular complexity index is 1380. The summed E-state index contributed by atoms with van der Waals surface area (Å²) >= 11 is 0. The van der Waals surface area contributed by atoms with Crippen LogP contribution in [0, 0.1) is 23.2 Å². The molecule has 5 rings (SSSR count). The van der Waals surface area contributed by atoms with Crippen LogP contribution in [0.2, 0.25) is 0 Å². The largest absolute Gasteiger partial charge is 0.530 e. The summed E-state index contributed by atoms with van der Waals surface area (Å²) in [5.41, 5.74) is 8.69. The van der Waals surface area contributed by atoms with E-state index >= 15 is 0 Å². The van der Waals surface area contributed by atoms with Crippen LogP contribution in [0.3, 0.4) is 0 Å². The van der Waals surface area contributed by atoms with Crippen LogP contribution < -0.4 is 20.9 Å². The zero-order chi connectivity index (χ0) is 36.9. The third-order valence-corrected chi connectivity index (χ3v) is 13.5. The number of nitrogens with two attached hydrogens (primary N) is 1.